The molecule has 0 bridgehead atoms. The smallest absolute Gasteiger partial charge is 0.258 e. The molecule has 2 aliphatic heterocycles. The van der Waals surface area contributed by atoms with Gasteiger partial charge in [0.2, 0.25) is 10.0 Å². The summed E-state index contributed by atoms with van der Waals surface area (Å²) < 4.78 is 27.5. The van der Waals surface area contributed by atoms with Crippen LogP contribution in [0.25, 0.3) is 0 Å². The summed E-state index contributed by atoms with van der Waals surface area (Å²) in [7, 11) is -3.55. The molecule has 4 rings (SSSR count). The summed E-state index contributed by atoms with van der Waals surface area (Å²) in [5, 5.41) is 0. The standard InChI is InChI=1S/C21H24N2O3S/c1-16-10-11-18(15-20(16)27(25,26)22-12-4-5-13-22)21(24)23-14-6-8-17-7-2-3-9-19(17)23/h2-3,7,9-11,15H,4-6,8,12-14H2,1H3. The van der Waals surface area contributed by atoms with Crippen molar-refractivity contribution in [1.82, 2.24) is 4.31 Å². The fourth-order valence-electron chi connectivity index (χ4n) is 3.98. The van der Waals surface area contributed by atoms with Crippen LogP contribution in [0, 0.1) is 6.92 Å². The summed E-state index contributed by atoms with van der Waals surface area (Å²) in [4.78, 5) is 15.2. The van der Waals surface area contributed by atoms with E-state index in [0.29, 0.717) is 30.8 Å². The Morgan fingerprint density at radius 3 is 2.48 bits per heavy atom. The van der Waals surface area contributed by atoms with Crippen molar-refractivity contribution in [3.05, 3.63) is 59.2 Å². The molecule has 0 spiro atoms. The molecule has 5 nitrogen and oxygen atoms in total. The molecule has 0 aliphatic carbocycles. The number of sulfonamides is 1. The van der Waals surface area contributed by atoms with E-state index in [1.54, 1.807) is 30.0 Å². The topological polar surface area (TPSA) is 57.7 Å². The van der Waals surface area contributed by atoms with E-state index in [0.717, 1.165) is 36.9 Å². The average molecular weight is 385 g/mol. The maximum absolute atomic E-state index is 13.2. The molecular weight excluding hydrogens is 360 g/mol. The van der Waals surface area contributed by atoms with Gasteiger partial charge in [0.1, 0.15) is 0 Å². The number of para-hydroxylation sites is 1. The van der Waals surface area contributed by atoms with Crippen molar-refractivity contribution in [2.75, 3.05) is 24.5 Å². The van der Waals surface area contributed by atoms with Gasteiger partial charge < -0.3 is 4.90 Å². The highest BCUT2D eigenvalue weighted by atomic mass is 32.2. The van der Waals surface area contributed by atoms with Gasteiger partial charge in [-0.2, -0.15) is 4.31 Å². The molecule has 2 aromatic rings. The van der Waals surface area contributed by atoms with E-state index in [2.05, 4.69) is 0 Å². The van der Waals surface area contributed by atoms with Gasteiger partial charge in [0.05, 0.1) is 4.90 Å². The van der Waals surface area contributed by atoms with Gasteiger partial charge in [0, 0.05) is 30.9 Å². The molecule has 6 heteroatoms. The summed E-state index contributed by atoms with van der Waals surface area (Å²) in [6.45, 7) is 3.55. The van der Waals surface area contributed by atoms with E-state index < -0.39 is 10.0 Å². The molecule has 2 aromatic carbocycles. The minimum Gasteiger partial charge on any atom is -0.308 e. The van der Waals surface area contributed by atoms with E-state index in [1.807, 2.05) is 24.3 Å². The molecule has 0 aromatic heterocycles. The largest absolute Gasteiger partial charge is 0.308 e. The Morgan fingerprint density at radius 2 is 1.70 bits per heavy atom. The maximum Gasteiger partial charge on any atom is 0.258 e. The van der Waals surface area contributed by atoms with Gasteiger partial charge in [-0.15, -0.1) is 0 Å². The van der Waals surface area contributed by atoms with Gasteiger partial charge in [-0.05, 0) is 61.9 Å². The normalized spacial score (nSPS) is 17.7. The summed E-state index contributed by atoms with van der Waals surface area (Å²) >= 11 is 0. The van der Waals surface area contributed by atoms with Crippen LogP contribution in [0.15, 0.2) is 47.4 Å². The number of anilines is 1. The monoisotopic (exact) mass is 384 g/mol. The van der Waals surface area contributed by atoms with E-state index in [-0.39, 0.29) is 10.8 Å². The summed E-state index contributed by atoms with van der Waals surface area (Å²) in [6.07, 6.45) is 3.65. The van der Waals surface area contributed by atoms with Gasteiger partial charge in [-0.25, -0.2) is 8.42 Å². The third-order valence-electron chi connectivity index (χ3n) is 5.47. The molecule has 27 heavy (non-hydrogen) atoms. The minimum atomic E-state index is -3.55. The average Bonchev–Trinajstić information content (AvgIpc) is 3.23. The van der Waals surface area contributed by atoms with Crippen LogP contribution < -0.4 is 4.90 Å². The number of aryl methyl sites for hydroxylation is 2. The van der Waals surface area contributed by atoms with Crippen molar-refractivity contribution in [3.8, 4) is 0 Å². The highest BCUT2D eigenvalue weighted by Gasteiger charge is 2.30. The fraction of sp³-hybridized carbons (Fsp3) is 0.381. The molecule has 0 atom stereocenters. The zero-order chi connectivity index (χ0) is 19.0. The quantitative estimate of drug-likeness (QED) is 0.815. The highest BCUT2D eigenvalue weighted by molar-refractivity contribution is 7.89. The van der Waals surface area contributed by atoms with Gasteiger partial charge in [-0.3, -0.25) is 4.79 Å². The number of benzene rings is 2. The zero-order valence-electron chi connectivity index (χ0n) is 15.5. The van der Waals surface area contributed by atoms with Gasteiger partial charge in [0.25, 0.3) is 5.91 Å². The van der Waals surface area contributed by atoms with Crippen LogP contribution in [0.2, 0.25) is 0 Å². The molecule has 2 heterocycles. The molecule has 2 aliphatic rings. The molecule has 1 fully saturated rings. The Labute approximate surface area is 160 Å². The number of fused-ring (bicyclic) bond motifs is 1. The second-order valence-corrected chi connectivity index (χ2v) is 9.19. The molecular formula is C21H24N2O3S. The lowest BCUT2D eigenvalue weighted by atomic mass is 10.0. The molecule has 0 radical (unpaired) electrons. The first kappa shape index (κ1) is 18.2. The van der Waals surface area contributed by atoms with Crippen molar-refractivity contribution >= 4 is 21.6 Å². The van der Waals surface area contributed by atoms with Crippen LogP contribution in [0.3, 0.4) is 0 Å². The first-order valence-corrected chi connectivity index (χ1v) is 10.9. The van der Waals surface area contributed by atoms with Crippen LogP contribution in [0.1, 0.15) is 40.7 Å². The van der Waals surface area contributed by atoms with Gasteiger partial charge in [-0.1, -0.05) is 24.3 Å². The van der Waals surface area contributed by atoms with Crippen molar-refractivity contribution in [3.63, 3.8) is 0 Å². The van der Waals surface area contributed by atoms with Crippen LogP contribution in [0.4, 0.5) is 5.69 Å². The number of amides is 1. The zero-order valence-corrected chi connectivity index (χ0v) is 16.3. The van der Waals surface area contributed by atoms with E-state index >= 15 is 0 Å². The maximum atomic E-state index is 13.2. The van der Waals surface area contributed by atoms with Gasteiger partial charge in [0.15, 0.2) is 0 Å². The number of nitrogens with zero attached hydrogens (tertiary/aromatic N) is 2. The van der Waals surface area contributed by atoms with Crippen molar-refractivity contribution in [2.24, 2.45) is 0 Å². The lowest BCUT2D eigenvalue weighted by Gasteiger charge is -2.29. The highest BCUT2D eigenvalue weighted by Crippen LogP contribution is 2.30. The first-order chi connectivity index (χ1) is 13.0. The van der Waals surface area contributed by atoms with Crippen molar-refractivity contribution in [1.29, 1.82) is 0 Å². The predicted octanol–water partition coefficient (Wildman–Crippen LogP) is 3.37. The second kappa shape index (κ2) is 7.09. The molecule has 0 unspecified atom stereocenters. The van der Waals surface area contributed by atoms with Crippen LogP contribution in [-0.2, 0) is 16.4 Å². The second-order valence-electron chi connectivity index (χ2n) is 7.28. The SMILES string of the molecule is Cc1ccc(C(=O)N2CCCc3ccccc32)cc1S(=O)(=O)N1CCCC1. The number of carbonyl (C=O) groups excluding carboxylic acids is 1. The summed E-state index contributed by atoms with van der Waals surface area (Å²) in [5.41, 5.74) is 3.19. The fourth-order valence-corrected chi connectivity index (χ4v) is 5.75. The Morgan fingerprint density at radius 1 is 0.963 bits per heavy atom. The lowest BCUT2D eigenvalue weighted by molar-refractivity contribution is 0.0985. The van der Waals surface area contributed by atoms with Crippen molar-refractivity contribution in [2.45, 2.75) is 37.5 Å². The Kier molecular flexibility index (Phi) is 4.78. The minimum absolute atomic E-state index is 0.139. The predicted molar refractivity (Wildman–Crippen MR) is 106 cm³/mol. The number of hydrogen-bond donors (Lipinski definition) is 0. The molecule has 1 amide bonds. The summed E-state index contributed by atoms with van der Waals surface area (Å²) in [6, 6.07) is 13.0. The van der Waals surface area contributed by atoms with Gasteiger partial charge >= 0.3 is 0 Å². The number of carbonyl (C=O) groups is 1. The Hall–Kier alpha value is -2.18. The van der Waals surface area contributed by atoms with Crippen LogP contribution in [-0.4, -0.2) is 38.3 Å². The van der Waals surface area contributed by atoms with E-state index in [4.69, 9.17) is 0 Å². The Balaban J connectivity index is 1.70. The van der Waals surface area contributed by atoms with Crippen LogP contribution in [0.5, 0.6) is 0 Å². The third-order valence-corrected chi connectivity index (χ3v) is 7.51. The van der Waals surface area contributed by atoms with Crippen molar-refractivity contribution < 1.29 is 13.2 Å². The summed E-state index contributed by atoms with van der Waals surface area (Å²) in [5.74, 6) is -0.139. The van der Waals surface area contributed by atoms with E-state index in [9.17, 15) is 13.2 Å². The molecule has 0 saturated carbocycles. The van der Waals surface area contributed by atoms with Crippen LogP contribution >= 0.6 is 0 Å². The molecule has 1 saturated heterocycles. The third kappa shape index (κ3) is 3.28. The number of hydrogen-bond acceptors (Lipinski definition) is 3. The van der Waals surface area contributed by atoms with E-state index in [1.165, 1.54) is 4.31 Å². The molecule has 0 N–H and O–H groups in total. The number of rotatable bonds is 3. The molecule has 142 valence electrons. The lowest BCUT2D eigenvalue weighted by Crippen LogP contribution is -2.35. The first-order valence-electron chi connectivity index (χ1n) is 9.49. The Bertz CT molecular complexity index is 979.